The predicted octanol–water partition coefficient (Wildman–Crippen LogP) is 3.02. The highest BCUT2D eigenvalue weighted by Gasteiger charge is 2.15. The van der Waals surface area contributed by atoms with Gasteiger partial charge in [0.05, 0.1) is 6.20 Å². The maximum Gasteiger partial charge on any atom is 0.244 e. The van der Waals surface area contributed by atoms with Gasteiger partial charge in [-0.1, -0.05) is 25.0 Å². The van der Waals surface area contributed by atoms with Crippen LogP contribution in [0.5, 0.6) is 0 Å². The molecule has 1 aliphatic rings. The molecule has 0 spiro atoms. The molecule has 0 atom stereocenters. The lowest BCUT2D eigenvalue weighted by Crippen LogP contribution is -2.18. The second-order valence-corrected chi connectivity index (χ2v) is 5.59. The number of nitrogens with zero attached hydrogens (tertiary/aromatic N) is 3. The largest absolute Gasteiger partial charge is 0.368 e. The maximum absolute atomic E-state index is 12.8. The molecule has 116 valence electrons. The molecule has 2 aromatic rings. The van der Waals surface area contributed by atoms with Crippen LogP contribution in [0.2, 0.25) is 0 Å². The average molecular weight is 301 g/mol. The fourth-order valence-electron chi connectivity index (χ4n) is 2.69. The van der Waals surface area contributed by atoms with Crippen LogP contribution in [0.4, 0.5) is 16.2 Å². The monoisotopic (exact) mass is 301 g/mol. The molecular formula is C16H20FN5. The highest BCUT2D eigenvalue weighted by molar-refractivity contribution is 5.37. The summed E-state index contributed by atoms with van der Waals surface area (Å²) in [6, 6.07) is 7.01. The van der Waals surface area contributed by atoms with Gasteiger partial charge in [0, 0.05) is 12.6 Å². The lowest BCUT2D eigenvalue weighted by Gasteiger charge is -2.12. The number of nitrogens with one attached hydrogen (secondary N) is 2. The maximum atomic E-state index is 12.8. The molecule has 1 heterocycles. The van der Waals surface area contributed by atoms with E-state index in [0.717, 1.165) is 12.0 Å². The van der Waals surface area contributed by atoms with Gasteiger partial charge in [-0.05, 0) is 37.0 Å². The highest BCUT2D eigenvalue weighted by atomic mass is 19.1. The summed E-state index contributed by atoms with van der Waals surface area (Å²) in [7, 11) is 0. The molecule has 1 aromatic carbocycles. The minimum absolute atomic E-state index is 0.209. The molecule has 5 nitrogen and oxygen atoms in total. The number of anilines is 2. The standard InChI is InChI=1S/C16H20FN5/c17-13-7-5-12(6-8-13)9-10-18-15-11-19-22-16(21-15)20-14-3-1-2-4-14/h5-8,11,14H,1-4,9-10H2,(H2,18,20,21,22). The summed E-state index contributed by atoms with van der Waals surface area (Å²) in [6.45, 7) is 0.715. The van der Waals surface area contributed by atoms with Crippen molar-refractivity contribution < 1.29 is 4.39 Å². The molecule has 1 fully saturated rings. The van der Waals surface area contributed by atoms with E-state index in [1.165, 1.54) is 37.8 Å². The van der Waals surface area contributed by atoms with Crippen LogP contribution in [0.25, 0.3) is 0 Å². The Labute approximate surface area is 129 Å². The van der Waals surface area contributed by atoms with Crippen molar-refractivity contribution in [2.75, 3.05) is 17.2 Å². The Hall–Kier alpha value is -2.24. The first-order valence-corrected chi connectivity index (χ1v) is 7.74. The molecule has 0 radical (unpaired) electrons. The summed E-state index contributed by atoms with van der Waals surface area (Å²) in [4.78, 5) is 4.43. The van der Waals surface area contributed by atoms with Gasteiger partial charge < -0.3 is 10.6 Å². The zero-order valence-electron chi connectivity index (χ0n) is 12.4. The number of rotatable bonds is 6. The molecule has 0 aliphatic heterocycles. The SMILES string of the molecule is Fc1ccc(CCNc2cnnc(NC3CCCC3)n2)cc1. The van der Waals surface area contributed by atoms with Gasteiger partial charge in [-0.15, -0.1) is 5.10 Å². The molecule has 0 amide bonds. The number of halogens is 1. The molecule has 0 unspecified atom stereocenters. The average Bonchev–Trinajstić information content (AvgIpc) is 3.03. The van der Waals surface area contributed by atoms with Crippen LogP contribution < -0.4 is 10.6 Å². The van der Waals surface area contributed by atoms with E-state index >= 15 is 0 Å². The molecule has 6 heteroatoms. The summed E-state index contributed by atoms with van der Waals surface area (Å²) >= 11 is 0. The third-order valence-corrected chi connectivity index (χ3v) is 3.88. The Kier molecular flexibility index (Phi) is 4.78. The van der Waals surface area contributed by atoms with Crippen molar-refractivity contribution in [3.8, 4) is 0 Å². The Morgan fingerprint density at radius 3 is 2.68 bits per heavy atom. The van der Waals surface area contributed by atoms with E-state index in [2.05, 4.69) is 25.8 Å². The summed E-state index contributed by atoms with van der Waals surface area (Å²) in [6.07, 6.45) is 7.29. The Morgan fingerprint density at radius 1 is 1.14 bits per heavy atom. The van der Waals surface area contributed by atoms with Crippen LogP contribution in [0.3, 0.4) is 0 Å². The van der Waals surface area contributed by atoms with Crippen LogP contribution in [-0.2, 0) is 6.42 Å². The van der Waals surface area contributed by atoms with Gasteiger partial charge in [0.15, 0.2) is 5.82 Å². The van der Waals surface area contributed by atoms with Crippen LogP contribution in [0.1, 0.15) is 31.2 Å². The summed E-state index contributed by atoms with van der Waals surface area (Å²) in [5, 5.41) is 14.6. The normalized spacial score (nSPS) is 15.0. The second kappa shape index (κ2) is 7.15. The number of aromatic nitrogens is 3. The van der Waals surface area contributed by atoms with Crippen molar-refractivity contribution in [3.05, 3.63) is 41.8 Å². The number of hydrogen-bond acceptors (Lipinski definition) is 5. The third kappa shape index (κ3) is 4.13. The quantitative estimate of drug-likeness (QED) is 0.858. The number of hydrogen-bond donors (Lipinski definition) is 2. The molecule has 0 saturated heterocycles. The van der Waals surface area contributed by atoms with Crippen molar-refractivity contribution >= 4 is 11.8 Å². The third-order valence-electron chi connectivity index (χ3n) is 3.88. The van der Waals surface area contributed by atoms with E-state index in [0.29, 0.717) is 24.4 Å². The Balaban J connectivity index is 1.50. The molecule has 2 N–H and O–H groups in total. The molecule has 0 bridgehead atoms. The van der Waals surface area contributed by atoms with Crippen molar-refractivity contribution in [1.29, 1.82) is 0 Å². The summed E-state index contributed by atoms with van der Waals surface area (Å²) < 4.78 is 12.8. The lowest BCUT2D eigenvalue weighted by atomic mass is 10.1. The molecule has 1 aliphatic carbocycles. The molecule has 3 rings (SSSR count). The van der Waals surface area contributed by atoms with Crippen molar-refractivity contribution in [2.24, 2.45) is 0 Å². The number of benzene rings is 1. The van der Waals surface area contributed by atoms with Gasteiger partial charge >= 0.3 is 0 Å². The van der Waals surface area contributed by atoms with Crippen LogP contribution in [-0.4, -0.2) is 27.8 Å². The first-order chi connectivity index (χ1) is 10.8. The van der Waals surface area contributed by atoms with E-state index < -0.39 is 0 Å². The van der Waals surface area contributed by atoms with Crippen molar-refractivity contribution in [3.63, 3.8) is 0 Å². The summed E-state index contributed by atoms with van der Waals surface area (Å²) in [5.41, 5.74) is 1.08. The van der Waals surface area contributed by atoms with Gasteiger partial charge in [0.1, 0.15) is 5.82 Å². The van der Waals surface area contributed by atoms with Crippen LogP contribution >= 0.6 is 0 Å². The second-order valence-electron chi connectivity index (χ2n) is 5.59. The van der Waals surface area contributed by atoms with Gasteiger partial charge in [-0.3, -0.25) is 0 Å². The minimum atomic E-state index is -0.209. The van der Waals surface area contributed by atoms with Gasteiger partial charge in [-0.25, -0.2) is 4.39 Å². The topological polar surface area (TPSA) is 62.7 Å². The minimum Gasteiger partial charge on any atom is -0.368 e. The van der Waals surface area contributed by atoms with Crippen LogP contribution in [0, 0.1) is 5.82 Å². The van der Waals surface area contributed by atoms with Crippen molar-refractivity contribution in [2.45, 2.75) is 38.1 Å². The highest BCUT2D eigenvalue weighted by Crippen LogP contribution is 2.20. The Morgan fingerprint density at radius 2 is 1.91 bits per heavy atom. The predicted molar refractivity (Wildman–Crippen MR) is 84.3 cm³/mol. The lowest BCUT2D eigenvalue weighted by molar-refractivity contribution is 0.627. The van der Waals surface area contributed by atoms with E-state index in [-0.39, 0.29) is 5.82 Å². The first kappa shape index (κ1) is 14.7. The zero-order chi connectivity index (χ0) is 15.2. The first-order valence-electron chi connectivity index (χ1n) is 7.74. The fourth-order valence-corrected chi connectivity index (χ4v) is 2.69. The van der Waals surface area contributed by atoms with E-state index in [4.69, 9.17) is 0 Å². The van der Waals surface area contributed by atoms with E-state index in [9.17, 15) is 4.39 Å². The van der Waals surface area contributed by atoms with Gasteiger partial charge in [0.2, 0.25) is 5.95 Å². The van der Waals surface area contributed by atoms with E-state index in [1.807, 2.05) is 0 Å². The molecule has 1 aromatic heterocycles. The van der Waals surface area contributed by atoms with Gasteiger partial charge in [-0.2, -0.15) is 10.1 Å². The zero-order valence-corrected chi connectivity index (χ0v) is 12.4. The Bertz CT molecular complexity index is 596. The van der Waals surface area contributed by atoms with Gasteiger partial charge in [0.25, 0.3) is 0 Å². The summed E-state index contributed by atoms with van der Waals surface area (Å²) in [5.74, 6) is 1.08. The molecular weight excluding hydrogens is 281 g/mol. The molecule has 1 saturated carbocycles. The van der Waals surface area contributed by atoms with Crippen LogP contribution in [0.15, 0.2) is 30.5 Å². The molecule has 22 heavy (non-hydrogen) atoms. The van der Waals surface area contributed by atoms with E-state index in [1.54, 1.807) is 18.3 Å². The fraction of sp³-hybridized carbons (Fsp3) is 0.438. The smallest absolute Gasteiger partial charge is 0.244 e. The van der Waals surface area contributed by atoms with Crippen molar-refractivity contribution in [1.82, 2.24) is 15.2 Å².